The Hall–Kier alpha value is -2.75. The molecule has 3 aliphatic heterocycles. The van der Waals surface area contributed by atoms with Crippen molar-refractivity contribution in [3.63, 3.8) is 0 Å². The number of ether oxygens (including phenoxy) is 1. The highest BCUT2D eigenvalue weighted by molar-refractivity contribution is 5.92. The fourth-order valence-corrected chi connectivity index (χ4v) is 5.65. The van der Waals surface area contributed by atoms with Crippen LogP contribution in [0.15, 0.2) is 24.4 Å². The van der Waals surface area contributed by atoms with Crippen molar-refractivity contribution in [1.82, 2.24) is 25.1 Å². The highest BCUT2D eigenvalue weighted by atomic mass is 16.5. The van der Waals surface area contributed by atoms with Crippen molar-refractivity contribution < 1.29 is 19.4 Å². The number of β-amino-alcohol motifs (C(OH)–C–C–N with tert-alkyl or cyclic N) is 1. The number of nitrogens with one attached hydrogen (secondary N) is 2. The first kappa shape index (κ1) is 25.9. The Bertz CT molecular complexity index is 1110. The van der Waals surface area contributed by atoms with Gasteiger partial charge in [0.05, 0.1) is 6.10 Å². The van der Waals surface area contributed by atoms with Gasteiger partial charge in [0.25, 0.3) is 5.91 Å². The molecule has 3 N–H and O–H groups in total. The normalized spacial score (nSPS) is 21.1. The van der Waals surface area contributed by atoms with E-state index in [4.69, 9.17) is 4.74 Å². The largest absolute Gasteiger partial charge is 0.390 e. The molecule has 0 aliphatic carbocycles. The van der Waals surface area contributed by atoms with Crippen LogP contribution in [-0.2, 0) is 41.9 Å². The van der Waals surface area contributed by atoms with Crippen LogP contribution in [0, 0.1) is 5.92 Å². The quantitative estimate of drug-likeness (QED) is 0.497. The first-order chi connectivity index (χ1) is 18.0. The van der Waals surface area contributed by atoms with E-state index >= 15 is 0 Å². The molecule has 2 amide bonds. The summed E-state index contributed by atoms with van der Waals surface area (Å²) in [5.74, 6) is 0.714. The molecule has 1 unspecified atom stereocenters. The molecule has 0 bridgehead atoms. The van der Waals surface area contributed by atoms with E-state index in [1.807, 2.05) is 4.57 Å². The summed E-state index contributed by atoms with van der Waals surface area (Å²) in [5.41, 5.74) is 4.46. The minimum absolute atomic E-state index is 0.0271. The van der Waals surface area contributed by atoms with Crippen LogP contribution in [0.25, 0.3) is 0 Å². The number of carbonyl (C=O) groups is 2. The molecule has 1 aromatic heterocycles. The maximum absolute atomic E-state index is 12.8. The van der Waals surface area contributed by atoms with Crippen LogP contribution in [0.3, 0.4) is 0 Å². The van der Waals surface area contributed by atoms with E-state index in [0.717, 1.165) is 51.0 Å². The average Bonchev–Trinajstić information content (AvgIpc) is 3.35. The van der Waals surface area contributed by atoms with Crippen LogP contribution in [0.5, 0.6) is 0 Å². The molecule has 3 aliphatic rings. The van der Waals surface area contributed by atoms with Gasteiger partial charge in [0.1, 0.15) is 11.5 Å². The Morgan fingerprint density at radius 3 is 2.84 bits per heavy atom. The van der Waals surface area contributed by atoms with Gasteiger partial charge >= 0.3 is 0 Å². The maximum Gasteiger partial charge on any atom is 0.271 e. The van der Waals surface area contributed by atoms with E-state index in [2.05, 4.69) is 45.6 Å². The number of imidazole rings is 1. The van der Waals surface area contributed by atoms with Gasteiger partial charge in [-0.1, -0.05) is 25.1 Å². The Morgan fingerprint density at radius 1 is 1.19 bits per heavy atom. The van der Waals surface area contributed by atoms with Gasteiger partial charge in [0.15, 0.2) is 0 Å². The van der Waals surface area contributed by atoms with E-state index in [-0.39, 0.29) is 30.3 Å². The number of fused-ring (bicyclic) bond motifs is 2. The van der Waals surface area contributed by atoms with E-state index in [9.17, 15) is 14.7 Å². The lowest BCUT2D eigenvalue weighted by atomic mass is 9.96. The van der Waals surface area contributed by atoms with Gasteiger partial charge in [-0.3, -0.25) is 14.5 Å². The molecule has 5 rings (SSSR count). The van der Waals surface area contributed by atoms with Crippen molar-refractivity contribution in [3.8, 4) is 0 Å². The molecule has 2 aromatic rings. The van der Waals surface area contributed by atoms with Crippen LogP contribution < -0.4 is 10.6 Å². The summed E-state index contributed by atoms with van der Waals surface area (Å²) in [6, 6.07) is 6.73. The van der Waals surface area contributed by atoms with Gasteiger partial charge < -0.3 is 25.0 Å². The molecule has 2 atom stereocenters. The van der Waals surface area contributed by atoms with Gasteiger partial charge in [0.2, 0.25) is 5.91 Å². The van der Waals surface area contributed by atoms with Crippen LogP contribution in [0.2, 0.25) is 0 Å². The van der Waals surface area contributed by atoms with Gasteiger partial charge in [-0.2, -0.15) is 0 Å². The third-order valence-corrected chi connectivity index (χ3v) is 7.90. The van der Waals surface area contributed by atoms with Crippen LogP contribution in [0.4, 0.5) is 0 Å². The number of carbonyl (C=O) groups excluding carboxylic acids is 2. The first-order valence-electron chi connectivity index (χ1n) is 13.7. The van der Waals surface area contributed by atoms with Crippen LogP contribution >= 0.6 is 0 Å². The Kier molecular flexibility index (Phi) is 8.22. The molecular formula is C28H39N5O4. The summed E-state index contributed by atoms with van der Waals surface area (Å²) in [6.45, 7) is 6.51. The van der Waals surface area contributed by atoms with E-state index in [0.29, 0.717) is 38.4 Å². The van der Waals surface area contributed by atoms with E-state index in [1.54, 1.807) is 6.20 Å². The van der Waals surface area contributed by atoms with Crippen molar-refractivity contribution in [2.75, 3.05) is 32.8 Å². The fourth-order valence-electron chi connectivity index (χ4n) is 5.65. The number of benzene rings is 1. The zero-order valence-corrected chi connectivity index (χ0v) is 21.7. The SMILES string of the molecule is CCc1ccc2c(c1)CCN(C[C@H](O)CNC(=O)c1cn3c(n1)CCC(NC(=O)C1CCOCC1)C3)C2. The average molecular weight is 510 g/mol. The molecule has 1 saturated heterocycles. The van der Waals surface area contributed by atoms with Crippen LogP contribution in [0.1, 0.15) is 59.2 Å². The number of hydrogen-bond donors (Lipinski definition) is 3. The number of aryl methyl sites for hydroxylation is 2. The minimum atomic E-state index is -0.651. The van der Waals surface area contributed by atoms with Crippen LogP contribution in [-0.4, -0.2) is 76.4 Å². The number of aliphatic hydroxyl groups excluding tert-OH is 1. The maximum atomic E-state index is 12.8. The van der Waals surface area contributed by atoms with E-state index in [1.165, 1.54) is 16.7 Å². The van der Waals surface area contributed by atoms with Crippen molar-refractivity contribution in [3.05, 3.63) is 52.6 Å². The number of hydrogen-bond acceptors (Lipinski definition) is 6. The third kappa shape index (κ3) is 6.40. The standard InChI is InChI=1S/C28H39N5O4/c1-2-19-3-4-22-15-32(10-7-21(22)13-19)17-24(34)14-29-28(36)25-18-33-16-23(5-6-26(33)31-25)30-27(35)20-8-11-37-12-9-20/h3-4,13,18,20,23-24,34H,2,5-12,14-17H2,1H3,(H,29,36)(H,30,35)/t23?,24-/m1/s1. The summed E-state index contributed by atoms with van der Waals surface area (Å²) >= 11 is 0. The molecule has 4 heterocycles. The summed E-state index contributed by atoms with van der Waals surface area (Å²) < 4.78 is 7.33. The predicted octanol–water partition coefficient (Wildman–Crippen LogP) is 1.45. The van der Waals surface area contributed by atoms with Crippen molar-refractivity contribution in [2.45, 2.75) is 70.7 Å². The van der Waals surface area contributed by atoms with Gasteiger partial charge in [-0.15, -0.1) is 0 Å². The minimum Gasteiger partial charge on any atom is -0.390 e. The number of aromatic nitrogens is 2. The highest BCUT2D eigenvalue weighted by Gasteiger charge is 2.27. The molecule has 1 aromatic carbocycles. The predicted molar refractivity (Wildman–Crippen MR) is 139 cm³/mol. The van der Waals surface area contributed by atoms with Crippen molar-refractivity contribution >= 4 is 11.8 Å². The Labute approximate surface area is 218 Å². The second-order valence-corrected chi connectivity index (χ2v) is 10.6. The molecule has 200 valence electrons. The number of rotatable bonds is 8. The smallest absolute Gasteiger partial charge is 0.271 e. The summed E-state index contributed by atoms with van der Waals surface area (Å²) in [4.78, 5) is 32.1. The number of amides is 2. The molecule has 0 radical (unpaired) electrons. The summed E-state index contributed by atoms with van der Waals surface area (Å²) in [7, 11) is 0. The molecule has 0 saturated carbocycles. The zero-order valence-electron chi connectivity index (χ0n) is 21.7. The lowest BCUT2D eigenvalue weighted by molar-refractivity contribution is -0.128. The summed E-state index contributed by atoms with van der Waals surface area (Å²) in [5, 5.41) is 16.6. The molecule has 1 fully saturated rings. The van der Waals surface area contributed by atoms with Crippen molar-refractivity contribution in [1.29, 1.82) is 0 Å². The molecule has 9 heteroatoms. The van der Waals surface area contributed by atoms with Gasteiger partial charge in [0, 0.05) is 70.5 Å². The second-order valence-electron chi connectivity index (χ2n) is 10.6. The molecule has 37 heavy (non-hydrogen) atoms. The highest BCUT2D eigenvalue weighted by Crippen LogP contribution is 2.21. The topological polar surface area (TPSA) is 109 Å². The molecule has 9 nitrogen and oxygen atoms in total. The Balaban J connectivity index is 1.08. The number of nitrogens with zero attached hydrogens (tertiary/aromatic N) is 3. The second kappa shape index (κ2) is 11.8. The Morgan fingerprint density at radius 2 is 2.03 bits per heavy atom. The number of aliphatic hydroxyl groups is 1. The lowest BCUT2D eigenvalue weighted by Crippen LogP contribution is -2.44. The van der Waals surface area contributed by atoms with Crippen molar-refractivity contribution in [2.24, 2.45) is 5.92 Å². The summed E-state index contributed by atoms with van der Waals surface area (Å²) in [6.07, 6.45) is 6.21. The molecule has 0 spiro atoms. The zero-order chi connectivity index (χ0) is 25.8. The monoisotopic (exact) mass is 509 g/mol. The van der Waals surface area contributed by atoms with E-state index < -0.39 is 6.10 Å². The lowest BCUT2D eigenvalue weighted by Gasteiger charge is -2.30. The third-order valence-electron chi connectivity index (χ3n) is 7.90. The first-order valence-corrected chi connectivity index (χ1v) is 13.7. The van der Waals surface area contributed by atoms with Gasteiger partial charge in [-0.05, 0) is 48.8 Å². The fraction of sp³-hybridized carbons (Fsp3) is 0.607. The van der Waals surface area contributed by atoms with Gasteiger partial charge in [-0.25, -0.2) is 4.98 Å². The molecular weight excluding hydrogens is 470 g/mol.